The highest BCUT2D eigenvalue weighted by molar-refractivity contribution is 7.81. The molecule has 8 rings (SSSR count). The molecule has 3 aromatic rings. The fraction of sp³-hybridized carbons (Fsp3) is 0.190. The fourth-order valence-electron chi connectivity index (χ4n) is 7.53. The highest BCUT2D eigenvalue weighted by Crippen LogP contribution is 2.49. The molecule has 45 heavy (non-hydrogen) atoms. The van der Waals surface area contributed by atoms with Gasteiger partial charge in [0.1, 0.15) is 0 Å². The smallest absolute Gasteiger partial charge is 0.0632 e. The first kappa shape index (κ1) is 28.0. The highest BCUT2D eigenvalue weighted by Gasteiger charge is 2.35. The zero-order chi connectivity index (χ0) is 30.2. The van der Waals surface area contributed by atoms with Gasteiger partial charge in [0, 0.05) is 33.8 Å². The van der Waals surface area contributed by atoms with Crippen molar-refractivity contribution in [1.82, 2.24) is 0 Å². The number of hydrogen-bond acceptors (Lipinski definition) is 3. The van der Waals surface area contributed by atoms with Crippen LogP contribution in [-0.4, -0.2) is 11.3 Å². The lowest BCUT2D eigenvalue weighted by Crippen LogP contribution is -2.27. The van der Waals surface area contributed by atoms with Crippen LogP contribution in [0.3, 0.4) is 0 Å². The number of nitrogens with one attached hydrogen (secondary N) is 1. The minimum atomic E-state index is 0.258. The average Bonchev–Trinajstić information content (AvgIpc) is 3.43. The van der Waals surface area contributed by atoms with Crippen molar-refractivity contribution in [3.63, 3.8) is 0 Å². The van der Waals surface area contributed by atoms with Crippen molar-refractivity contribution < 1.29 is 0 Å². The Hall–Kier alpha value is -4.47. The predicted octanol–water partition coefficient (Wildman–Crippen LogP) is 10.9. The molecule has 0 amide bonds. The third kappa shape index (κ3) is 5.51. The van der Waals surface area contributed by atoms with E-state index in [-0.39, 0.29) is 5.25 Å². The van der Waals surface area contributed by atoms with Crippen molar-refractivity contribution in [2.45, 2.75) is 36.5 Å². The second-order valence-electron chi connectivity index (χ2n) is 12.6. The first-order chi connectivity index (χ1) is 22.2. The largest absolute Gasteiger partial charge is 0.355 e. The molecule has 0 saturated heterocycles. The quantitative estimate of drug-likeness (QED) is 0.273. The van der Waals surface area contributed by atoms with Gasteiger partial charge in [0.05, 0.1) is 11.7 Å². The Morgan fingerprint density at radius 2 is 1.56 bits per heavy atom. The van der Waals surface area contributed by atoms with E-state index in [4.69, 9.17) is 12.6 Å². The molecule has 222 valence electrons. The van der Waals surface area contributed by atoms with E-state index in [9.17, 15) is 0 Å². The molecule has 3 aromatic carbocycles. The molecule has 0 spiro atoms. The highest BCUT2D eigenvalue weighted by atomic mass is 32.1. The molecule has 3 heteroatoms. The number of hydrogen-bond donors (Lipinski definition) is 2. The number of benzene rings is 3. The number of anilines is 4. The minimum absolute atomic E-state index is 0.258. The molecular formula is C42H38N2S. The Morgan fingerprint density at radius 3 is 2.42 bits per heavy atom. The minimum Gasteiger partial charge on any atom is -0.355 e. The zero-order valence-corrected chi connectivity index (χ0v) is 26.2. The summed E-state index contributed by atoms with van der Waals surface area (Å²) in [6, 6.07) is 25.2. The summed E-state index contributed by atoms with van der Waals surface area (Å²) in [6.45, 7) is 0. The molecule has 2 nitrogen and oxygen atoms in total. The maximum absolute atomic E-state index is 4.88. The van der Waals surface area contributed by atoms with Gasteiger partial charge in [-0.25, -0.2) is 0 Å². The van der Waals surface area contributed by atoms with Crippen LogP contribution in [0.15, 0.2) is 152 Å². The number of thiol groups is 1. The summed E-state index contributed by atoms with van der Waals surface area (Å²) in [6.07, 6.45) is 34.4. The number of nitrogens with zero attached hydrogens (tertiary/aromatic N) is 1. The van der Waals surface area contributed by atoms with Crippen LogP contribution in [0.25, 0.3) is 11.1 Å². The molecule has 0 aromatic heterocycles. The van der Waals surface area contributed by atoms with Gasteiger partial charge in [-0.2, -0.15) is 12.6 Å². The van der Waals surface area contributed by atoms with Crippen LogP contribution in [-0.2, 0) is 0 Å². The SMILES string of the molecule is SC1C=CC=CC1[C@H]1C=CC=C(c2cccc(N3c4cc(Nc5ccc(C6C=CC=CC6)cc5)ccc4C4=CC=CCC43)c2)C1. The Balaban J connectivity index is 1.07. The van der Waals surface area contributed by atoms with Crippen molar-refractivity contribution in [2.24, 2.45) is 11.8 Å². The fourth-order valence-corrected chi connectivity index (χ4v) is 7.95. The van der Waals surface area contributed by atoms with Crippen LogP contribution in [0.4, 0.5) is 22.7 Å². The van der Waals surface area contributed by atoms with Crippen LogP contribution in [0.1, 0.15) is 41.9 Å². The third-order valence-corrected chi connectivity index (χ3v) is 10.4. The molecule has 5 atom stereocenters. The van der Waals surface area contributed by atoms with Crippen molar-refractivity contribution in [1.29, 1.82) is 0 Å². The average molecular weight is 603 g/mol. The van der Waals surface area contributed by atoms with Crippen LogP contribution < -0.4 is 10.2 Å². The summed E-state index contributed by atoms with van der Waals surface area (Å²) in [5, 5.41) is 3.95. The van der Waals surface area contributed by atoms with Crippen molar-refractivity contribution >= 4 is 46.5 Å². The summed E-state index contributed by atoms with van der Waals surface area (Å²) in [7, 11) is 0. The lowest BCUT2D eigenvalue weighted by atomic mass is 9.79. The van der Waals surface area contributed by atoms with E-state index in [1.807, 2.05) is 0 Å². The standard InChI is InChI=1S/C42H38N2S/c45-42-19-7-5-16-37(42)33-14-8-12-31(26-33)32-13-9-15-36(27-32)44-40-18-6-4-17-38(40)39-25-24-35(28-41(39)44)43-34-22-20-30(21-23-34)29-10-2-1-3-11-29/h1-10,12-17,19-25,27-29,33,37,40,42-43,45H,11,18,26H2/t29?,33-,37?,40?,42?/m0/s1. The van der Waals surface area contributed by atoms with Gasteiger partial charge in [0.25, 0.3) is 0 Å². The summed E-state index contributed by atoms with van der Waals surface area (Å²) >= 11 is 4.88. The maximum atomic E-state index is 4.88. The second kappa shape index (κ2) is 12.1. The van der Waals surface area contributed by atoms with Crippen LogP contribution in [0, 0.1) is 11.8 Å². The van der Waals surface area contributed by atoms with Gasteiger partial charge in [-0.3, -0.25) is 0 Å². The number of allylic oxidation sites excluding steroid dienone is 13. The van der Waals surface area contributed by atoms with Gasteiger partial charge in [-0.05, 0) is 89.8 Å². The van der Waals surface area contributed by atoms with E-state index in [0.717, 1.165) is 30.6 Å². The van der Waals surface area contributed by atoms with Crippen LogP contribution in [0.5, 0.6) is 0 Å². The Kier molecular flexibility index (Phi) is 7.56. The van der Waals surface area contributed by atoms with Gasteiger partial charge < -0.3 is 10.2 Å². The van der Waals surface area contributed by atoms with E-state index in [1.165, 1.54) is 39.2 Å². The number of rotatable bonds is 6. The van der Waals surface area contributed by atoms with E-state index in [2.05, 4.69) is 162 Å². The lowest BCUT2D eigenvalue weighted by Gasteiger charge is -2.31. The maximum Gasteiger partial charge on any atom is 0.0632 e. The monoisotopic (exact) mass is 602 g/mol. The lowest BCUT2D eigenvalue weighted by molar-refractivity contribution is 0.493. The molecule has 0 fully saturated rings. The Bertz CT molecular complexity index is 1850. The summed E-state index contributed by atoms with van der Waals surface area (Å²) in [5.74, 6) is 1.32. The van der Waals surface area contributed by atoms with E-state index >= 15 is 0 Å². The van der Waals surface area contributed by atoms with Gasteiger partial charge in [-0.15, -0.1) is 0 Å². The van der Waals surface area contributed by atoms with E-state index < -0.39 is 0 Å². The van der Waals surface area contributed by atoms with Crippen LogP contribution in [0.2, 0.25) is 0 Å². The topological polar surface area (TPSA) is 15.3 Å². The number of fused-ring (bicyclic) bond motifs is 3. The summed E-state index contributed by atoms with van der Waals surface area (Å²) in [4.78, 5) is 2.56. The van der Waals surface area contributed by atoms with Crippen molar-refractivity contribution in [2.75, 3.05) is 10.2 Å². The molecule has 4 unspecified atom stereocenters. The Morgan fingerprint density at radius 1 is 0.711 bits per heavy atom. The predicted molar refractivity (Wildman–Crippen MR) is 196 cm³/mol. The van der Waals surface area contributed by atoms with Crippen LogP contribution >= 0.6 is 12.6 Å². The van der Waals surface area contributed by atoms with Gasteiger partial charge in [0.2, 0.25) is 0 Å². The second-order valence-corrected chi connectivity index (χ2v) is 13.2. The zero-order valence-electron chi connectivity index (χ0n) is 25.3. The summed E-state index contributed by atoms with van der Waals surface area (Å²) < 4.78 is 0. The van der Waals surface area contributed by atoms with E-state index in [0.29, 0.717) is 23.8 Å². The molecule has 0 radical (unpaired) electrons. The molecule has 4 aliphatic carbocycles. The van der Waals surface area contributed by atoms with E-state index in [1.54, 1.807) is 0 Å². The Labute approximate surface area is 272 Å². The molecular weight excluding hydrogens is 565 g/mol. The van der Waals surface area contributed by atoms with Gasteiger partial charge in [0.15, 0.2) is 0 Å². The first-order valence-corrected chi connectivity index (χ1v) is 16.7. The van der Waals surface area contributed by atoms with Crippen molar-refractivity contribution in [3.8, 4) is 0 Å². The third-order valence-electron chi connectivity index (χ3n) is 9.87. The normalized spacial score (nSPS) is 26.0. The molecule has 1 N–H and O–H groups in total. The molecule has 0 bridgehead atoms. The molecule has 1 aliphatic heterocycles. The molecule has 0 saturated carbocycles. The molecule has 1 heterocycles. The van der Waals surface area contributed by atoms with Gasteiger partial charge >= 0.3 is 0 Å². The molecule has 5 aliphatic rings. The first-order valence-electron chi connectivity index (χ1n) is 16.2. The van der Waals surface area contributed by atoms with Crippen molar-refractivity contribution in [3.05, 3.63) is 168 Å². The summed E-state index contributed by atoms with van der Waals surface area (Å²) in [5.41, 5.74) is 11.5. The van der Waals surface area contributed by atoms with Gasteiger partial charge in [-0.1, -0.05) is 115 Å².